The number of hydrogen-bond acceptors (Lipinski definition) is 3. The number of nitrogens with zero attached hydrogens (tertiary/aromatic N) is 2. The minimum absolute atomic E-state index is 0.238. The van der Waals surface area contributed by atoms with Crippen LogP contribution in [0.3, 0.4) is 0 Å². The van der Waals surface area contributed by atoms with Crippen LogP contribution in [0.4, 0.5) is 5.69 Å². The van der Waals surface area contributed by atoms with Gasteiger partial charge in [-0.2, -0.15) is 0 Å². The highest BCUT2D eigenvalue weighted by Crippen LogP contribution is 2.48. The predicted octanol–water partition coefficient (Wildman–Crippen LogP) is 7.08. The van der Waals surface area contributed by atoms with E-state index in [2.05, 4.69) is 108 Å². The normalized spacial score (nSPS) is 17.2. The average Bonchev–Trinajstić information content (AvgIpc) is 3.20. The Morgan fingerprint density at radius 1 is 0.800 bits per heavy atom. The number of fused-ring (bicyclic) bond motifs is 3. The summed E-state index contributed by atoms with van der Waals surface area (Å²) in [6, 6.07) is 35.0. The maximum absolute atomic E-state index is 6.18. The van der Waals surface area contributed by atoms with Crippen LogP contribution in [0, 0.1) is 0 Å². The quantitative estimate of drug-likeness (QED) is 0.269. The Hall–Kier alpha value is -3.82. The van der Waals surface area contributed by atoms with Crippen molar-refractivity contribution in [1.29, 1.82) is 0 Å². The van der Waals surface area contributed by atoms with Crippen LogP contribution in [0.1, 0.15) is 28.4 Å². The van der Waals surface area contributed by atoms with Crippen LogP contribution in [0.5, 0.6) is 5.75 Å². The smallest absolute Gasteiger partial charge is 0.120 e. The van der Waals surface area contributed by atoms with Gasteiger partial charge in [-0.1, -0.05) is 72.8 Å². The molecule has 5 aromatic carbocycles. The Balaban J connectivity index is 1.30. The van der Waals surface area contributed by atoms with Gasteiger partial charge in [0.1, 0.15) is 18.5 Å². The lowest BCUT2D eigenvalue weighted by molar-refractivity contribution is 0.182. The highest BCUT2D eigenvalue weighted by atomic mass is 16.5. The molecule has 35 heavy (non-hydrogen) atoms. The zero-order valence-electron chi connectivity index (χ0n) is 19.9. The third kappa shape index (κ3) is 3.38. The summed E-state index contributed by atoms with van der Waals surface area (Å²) < 4.78 is 6.18. The fourth-order valence-electron chi connectivity index (χ4n) is 6.05. The zero-order chi connectivity index (χ0) is 23.4. The summed E-state index contributed by atoms with van der Waals surface area (Å²) in [6.45, 7) is 2.63. The van der Waals surface area contributed by atoms with Crippen LogP contribution < -0.4 is 9.64 Å². The van der Waals surface area contributed by atoms with Gasteiger partial charge in [0, 0.05) is 31.2 Å². The topological polar surface area (TPSA) is 15.7 Å². The molecule has 0 aliphatic carbocycles. The van der Waals surface area contributed by atoms with Crippen molar-refractivity contribution in [3.8, 4) is 5.75 Å². The minimum atomic E-state index is 0.238. The molecule has 0 radical (unpaired) electrons. The predicted molar refractivity (Wildman–Crippen MR) is 144 cm³/mol. The van der Waals surface area contributed by atoms with E-state index in [1.54, 1.807) is 0 Å². The molecule has 0 spiro atoms. The van der Waals surface area contributed by atoms with Crippen molar-refractivity contribution in [2.45, 2.75) is 25.7 Å². The number of anilines is 1. The molecule has 0 saturated heterocycles. The Bertz CT molecular complexity index is 1560. The molecule has 172 valence electrons. The maximum Gasteiger partial charge on any atom is 0.120 e. The molecule has 3 nitrogen and oxygen atoms in total. The summed E-state index contributed by atoms with van der Waals surface area (Å²) >= 11 is 0. The van der Waals surface area contributed by atoms with Gasteiger partial charge < -0.3 is 9.64 Å². The van der Waals surface area contributed by atoms with Gasteiger partial charge in [0.2, 0.25) is 0 Å². The molecule has 5 aromatic rings. The van der Waals surface area contributed by atoms with E-state index in [4.69, 9.17) is 4.74 Å². The van der Waals surface area contributed by atoms with Crippen molar-refractivity contribution in [1.82, 2.24) is 4.90 Å². The van der Waals surface area contributed by atoms with Gasteiger partial charge in [0.25, 0.3) is 0 Å². The van der Waals surface area contributed by atoms with Crippen LogP contribution in [-0.2, 0) is 19.6 Å². The van der Waals surface area contributed by atoms with Crippen molar-refractivity contribution in [3.05, 3.63) is 119 Å². The molecule has 0 saturated carbocycles. The third-order valence-electron chi connectivity index (χ3n) is 7.73. The zero-order valence-corrected chi connectivity index (χ0v) is 19.9. The van der Waals surface area contributed by atoms with Gasteiger partial charge in [0.05, 0.1) is 0 Å². The Labute approximate surface area is 206 Å². The molecule has 2 aliphatic heterocycles. The van der Waals surface area contributed by atoms with Crippen molar-refractivity contribution in [3.63, 3.8) is 0 Å². The van der Waals surface area contributed by atoms with Crippen LogP contribution in [0.2, 0.25) is 0 Å². The molecule has 2 aliphatic rings. The number of ether oxygens (including phenoxy) is 1. The summed E-state index contributed by atoms with van der Waals surface area (Å²) in [5.41, 5.74) is 6.86. The number of hydrogen-bond donors (Lipinski definition) is 0. The summed E-state index contributed by atoms with van der Waals surface area (Å²) in [6.07, 6.45) is 1.34. The van der Waals surface area contributed by atoms with Crippen LogP contribution >= 0.6 is 0 Å². The van der Waals surface area contributed by atoms with Gasteiger partial charge in [-0.3, -0.25) is 4.90 Å². The van der Waals surface area contributed by atoms with Crippen LogP contribution in [0.15, 0.2) is 97.1 Å². The molecule has 0 bridgehead atoms. The first-order valence-electron chi connectivity index (χ1n) is 12.5. The van der Waals surface area contributed by atoms with Crippen molar-refractivity contribution in [2.75, 3.05) is 18.5 Å². The second-order valence-electron chi connectivity index (χ2n) is 9.80. The first-order chi connectivity index (χ1) is 17.3. The number of rotatable bonds is 4. The standard InChI is InChI=1S/C32H28N2O/c1-33-30-13-7-12-28-27-15-14-26(35-21-22-8-3-2-4-9-22)18-25(27)19-29(31(28)30)32(33)34-17-16-23-10-5-6-11-24(23)20-34/h2-15,18-19,32H,16-17,20-21H2,1H3. The lowest BCUT2D eigenvalue weighted by Crippen LogP contribution is -2.40. The molecule has 1 unspecified atom stereocenters. The largest absolute Gasteiger partial charge is 0.489 e. The molecule has 0 aromatic heterocycles. The van der Waals surface area contributed by atoms with Crippen molar-refractivity contribution < 1.29 is 4.74 Å². The van der Waals surface area contributed by atoms with E-state index in [9.17, 15) is 0 Å². The fraction of sp³-hybridized carbons (Fsp3) is 0.188. The van der Waals surface area contributed by atoms with Gasteiger partial charge in [0.15, 0.2) is 0 Å². The van der Waals surface area contributed by atoms with E-state index in [0.717, 1.165) is 25.3 Å². The highest BCUT2D eigenvalue weighted by molar-refractivity contribution is 6.15. The molecule has 3 heteroatoms. The van der Waals surface area contributed by atoms with E-state index < -0.39 is 0 Å². The summed E-state index contributed by atoms with van der Waals surface area (Å²) in [7, 11) is 2.25. The lowest BCUT2D eigenvalue weighted by Gasteiger charge is -2.38. The first kappa shape index (κ1) is 20.5. The van der Waals surface area contributed by atoms with E-state index >= 15 is 0 Å². The Morgan fingerprint density at radius 2 is 1.63 bits per heavy atom. The monoisotopic (exact) mass is 456 g/mol. The first-order valence-corrected chi connectivity index (χ1v) is 12.5. The summed E-state index contributed by atoms with van der Waals surface area (Å²) in [5.74, 6) is 0.916. The molecular weight excluding hydrogens is 428 g/mol. The van der Waals surface area contributed by atoms with Crippen molar-refractivity contribution in [2.24, 2.45) is 0 Å². The SMILES string of the molecule is CN1c2cccc3c2c(cc2cc(OCc4ccccc4)ccc23)C1N1CCc2ccccc2C1. The molecule has 0 amide bonds. The molecule has 0 fully saturated rings. The fourth-order valence-corrected chi connectivity index (χ4v) is 6.05. The van der Waals surface area contributed by atoms with E-state index in [1.165, 1.54) is 49.5 Å². The van der Waals surface area contributed by atoms with Crippen LogP contribution in [0.25, 0.3) is 21.5 Å². The van der Waals surface area contributed by atoms with Gasteiger partial charge >= 0.3 is 0 Å². The second-order valence-corrected chi connectivity index (χ2v) is 9.80. The van der Waals surface area contributed by atoms with Gasteiger partial charge in [-0.25, -0.2) is 0 Å². The van der Waals surface area contributed by atoms with E-state index in [0.29, 0.717) is 6.61 Å². The van der Waals surface area contributed by atoms with Crippen LogP contribution in [-0.4, -0.2) is 18.5 Å². The molecule has 1 atom stereocenters. The highest BCUT2D eigenvalue weighted by Gasteiger charge is 2.35. The van der Waals surface area contributed by atoms with Crippen molar-refractivity contribution >= 4 is 27.2 Å². The average molecular weight is 457 g/mol. The second kappa shape index (κ2) is 8.14. The third-order valence-corrected chi connectivity index (χ3v) is 7.73. The molecule has 7 rings (SSSR count). The molecule has 2 heterocycles. The Morgan fingerprint density at radius 3 is 2.51 bits per heavy atom. The summed E-state index contributed by atoms with van der Waals surface area (Å²) in [5, 5.41) is 5.25. The Kier molecular flexibility index (Phi) is 4.78. The molecular formula is C32H28N2O. The number of benzene rings is 5. The van der Waals surface area contributed by atoms with E-state index in [1.807, 2.05) is 6.07 Å². The van der Waals surface area contributed by atoms with Gasteiger partial charge in [-0.15, -0.1) is 0 Å². The minimum Gasteiger partial charge on any atom is -0.489 e. The molecule has 0 N–H and O–H groups in total. The van der Waals surface area contributed by atoms with E-state index in [-0.39, 0.29) is 6.17 Å². The maximum atomic E-state index is 6.18. The van der Waals surface area contributed by atoms with Gasteiger partial charge in [-0.05, 0) is 69.1 Å². The lowest BCUT2D eigenvalue weighted by atomic mass is 9.95. The summed E-state index contributed by atoms with van der Waals surface area (Å²) in [4.78, 5) is 5.11.